The second-order valence-electron chi connectivity index (χ2n) is 4.06. The molecule has 0 aromatic heterocycles. The largest absolute Gasteiger partial charge is 0.468 e. The van der Waals surface area contributed by atoms with Gasteiger partial charge in [-0.1, -0.05) is 0 Å². The van der Waals surface area contributed by atoms with Gasteiger partial charge in [-0.25, -0.2) is 0 Å². The summed E-state index contributed by atoms with van der Waals surface area (Å²) < 4.78 is 4.63. The van der Waals surface area contributed by atoms with Crippen molar-refractivity contribution in [1.29, 1.82) is 0 Å². The first-order chi connectivity index (χ1) is 6.63. The third-order valence-corrected chi connectivity index (χ3v) is 2.97. The van der Waals surface area contributed by atoms with Crippen LogP contribution in [0, 0.1) is 0 Å². The maximum Gasteiger partial charge on any atom is 0.319 e. The van der Waals surface area contributed by atoms with E-state index in [0.29, 0.717) is 18.6 Å². The summed E-state index contributed by atoms with van der Waals surface area (Å²) in [6.45, 7) is 0.385. The fourth-order valence-electron chi connectivity index (χ4n) is 1.94. The molecular formula is C10H20N2O2. The van der Waals surface area contributed by atoms with E-state index in [1.165, 1.54) is 7.11 Å². The van der Waals surface area contributed by atoms with E-state index in [1.807, 2.05) is 7.05 Å². The molecule has 0 amide bonds. The molecule has 0 atom stereocenters. The van der Waals surface area contributed by atoms with E-state index in [2.05, 4.69) is 9.64 Å². The zero-order chi connectivity index (χ0) is 10.6. The number of hydrogen-bond donors (Lipinski definition) is 1. The van der Waals surface area contributed by atoms with Crippen LogP contribution in [0.5, 0.6) is 0 Å². The number of ether oxygens (including phenoxy) is 1. The van der Waals surface area contributed by atoms with Gasteiger partial charge in [0.1, 0.15) is 0 Å². The van der Waals surface area contributed by atoms with Crippen LogP contribution in [0.3, 0.4) is 0 Å². The molecule has 0 aliphatic heterocycles. The molecular weight excluding hydrogens is 180 g/mol. The lowest BCUT2D eigenvalue weighted by Gasteiger charge is -2.32. The molecule has 4 heteroatoms. The highest BCUT2D eigenvalue weighted by molar-refractivity contribution is 5.71. The van der Waals surface area contributed by atoms with Crippen molar-refractivity contribution >= 4 is 5.97 Å². The second-order valence-corrected chi connectivity index (χ2v) is 4.06. The van der Waals surface area contributed by atoms with E-state index < -0.39 is 0 Å². The molecule has 0 radical (unpaired) electrons. The fourth-order valence-corrected chi connectivity index (χ4v) is 1.94. The molecule has 1 rings (SSSR count). The van der Waals surface area contributed by atoms with Crippen molar-refractivity contribution < 1.29 is 9.53 Å². The lowest BCUT2D eigenvalue weighted by atomic mass is 9.91. The lowest BCUT2D eigenvalue weighted by molar-refractivity contribution is -0.142. The molecule has 1 aliphatic rings. The molecule has 0 aromatic carbocycles. The number of rotatable bonds is 3. The zero-order valence-electron chi connectivity index (χ0n) is 9.03. The summed E-state index contributed by atoms with van der Waals surface area (Å²) in [6, 6.07) is 0.853. The Hall–Kier alpha value is -0.610. The van der Waals surface area contributed by atoms with Crippen LogP contribution in [0.2, 0.25) is 0 Å². The minimum Gasteiger partial charge on any atom is -0.468 e. The standard InChI is InChI=1S/C10H20N2O2/c1-12(7-10(13)14-2)9-5-3-8(11)4-6-9/h8-9H,3-7,11H2,1-2H3. The van der Waals surface area contributed by atoms with Crippen molar-refractivity contribution in [1.82, 2.24) is 4.90 Å². The Morgan fingerprint density at radius 1 is 1.43 bits per heavy atom. The normalized spacial score (nSPS) is 27.7. The van der Waals surface area contributed by atoms with E-state index in [4.69, 9.17) is 5.73 Å². The minimum atomic E-state index is -0.164. The number of carbonyl (C=O) groups excluding carboxylic acids is 1. The summed E-state index contributed by atoms with van der Waals surface area (Å²) in [5, 5.41) is 0. The summed E-state index contributed by atoms with van der Waals surface area (Å²) in [4.78, 5) is 13.1. The van der Waals surface area contributed by atoms with Crippen molar-refractivity contribution in [2.24, 2.45) is 5.73 Å². The van der Waals surface area contributed by atoms with Gasteiger partial charge in [-0.05, 0) is 32.7 Å². The third-order valence-electron chi connectivity index (χ3n) is 2.97. The topological polar surface area (TPSA) is 55.6 Å². The quantitative estimate of drug-likeness (QED) is 0.668. The molecule has 0 spiro atoms. The molecule has 0 unspecified atom stereocenters. The summed E-state index contributed by atoms with van der Waals surface area (Å²) in [7, 11) is 3.39. The molecule has 14 heavy (non-hydrogen) atoms. The first-order valence-electron chi connectivity index (χ1n) is 5.16. The third kappa shape index (κ3) is 3.27. The minimum absolute atomic E-state index is 0.164. The van der Waals surface area contributed by atoms with Crippen molar-refractivity contribution in [3.05, 3.63) is 0 Å². The maximum atomic E-state index is 11.0. The highest BCUT2D eigenvalue weighted by atomic mass is 16.5. The molecule has 1 aliphatic carbocycles. The van der Waals surface area contributed by atoms with Gasteiger partial charge in [0.25, 0.3) is 0 Å². The first kappa shape index (κ1) is 11.5. The number of nitrogens with two attached hydrogens (primary N) is 1. The van der Waals surface area contributed by atoms with Crippen molar-refractivity contribution in [2.75, 3.05) is 20.7 Å². The summed E-state index contributed by atoms with van der Waals surface area (Å²) >= 11 is 0. The highest BCUT2D eigenvalue weighted by Gasteiger charge is 2.23. The monoisotopic (exact) mass is 200 g/mol. The van der Waals surface area contributed by atoms with E-state index in [0.717, 1.165) is 25.7 Å². The van der Waals surface area contributed by atoms with E-state index in [9.17, 15) is 4.79 Å². The van der Waals surface area contributed by atoms with Crippen LogP contribution in [0.15, 0.2) is 0 Å². The average Bonchev–Trinajstić information content (AvgIpc) is 2.18. The van der Waals surface area contributed by atoms with Crippen LogP contribution in [-0.4, -0.2) is 43.7 Å². The Morgan fingerprint density at radius 2 is 2.00 bits per heavy atom. The van der Waals surface area contributed by atoms with Crippen LogP contribution in [0.1, 0.15) is 25.7 Å². The molecule has 82 valence electrons. The number of hydrogen-bond acceptors (Lipinski definition) is 4. The van der Waals surface area contributed by atoms with E-state index in [-0.39, 0.29) is 5.97 Å². The number of nitrogens with zero attached hydrogens (tertiary/aromatic N) is 1. The van der Waals surface area contributed by atoms with E-state index in [1.54, 1.807) is 0 Å². The van der Waals surface area contributed by atoms with Crippen molar-refractivity contribution in [3.63, 3.8) is 0 Å². The molecule has 0 saturated heterocycles. The van der Waals surface area contributed by atoms with Crippen molar-refractivity contribution in [3.8, 4) is 0 Å². The number of likely N-dealkylation sites (N-methyl/N-ethyl adjacent to an activating group) is 1. The highest BCUT2D eigenvalue weighted by Crippen LogP contribution is 2.20. The van der Waals surface area contributed by atoms with Crippen LogP contribution in [0.4, 0.5) is 0 Å². The molecule has 2 N–H and O–H groups in total. The Kier molecular flexibility index (Phi) is 4.35. The van der Waals surface area contributed by atoms with Gasteiger partial charge in [0.15, 0.2) is 0 Å². The van der Waals surface area contributed by atoms with Gasteiger partial charge in [0.2, 0.25) is 0 Å². The first-order valence-corrected chi connectivity index (χ1v) is 5.16. The molecule has 4 nitrogen and oxygen atoms in total. The SMILES string of the molecule is COC(=O)CN(C)C1CCC(N)CC1. The average molecular weight is 200 g/mol. The Bertz CT molecular complexity index is 189. The van der Waals surface area contributed by atoms with Gasteiger partial charge in [0.05, 0.1) is 13.7 Å². The molecule has 0 heterocycles. The summed E-state index contributed by atoms with van der Waals surface area (Å²) in [5.74, 6) is -0.164. The van der Waals surface area contributed by atoms with Crippen molar-refractivity contribution in [2.45, 2.75) is 37.8 Å². The van der Waals surface area contributed by atoms with Crippen LogP contribution in [0.25, 0.3) is 0 Å². The van der Waals surface area contributed by atoms with Gasteiger partial charge in [-0.2, -0.15) is 0 Å². The van der Waals surface area contributed by atoms with Gasteiger partial charge < -0.3 is 10.5 Å². The predicted molar refractivity (Wildman–Crippen MR) is 54.9 cm³/mol. The molecule has 0 aromatic rings. The zero-order valence-corrected chi connectivity index (χ0v) is 9.03. The van der Waals surface area contributed by atoms with Gasteiger partial charge in [-0.3, -0.25) is 9.69 Å². The second kappa shape index (κ2) is 5.32. The number of esters is 1. The number of methoxy groups -OCH3 is 1. The Morgan fingerprint density at radius 3 is 2.50 bits per heavy atom. The van der Waals surface area contributed by atoms with Gasteiger partial charge in [0, 0.05) is 12.1 Å². The molecule has 1 saturated carbocycles. The number of carbonyl (C=O) groups is 1. The molecule has 1 fully saturated rings. The van der Waals surface area contributed by atoms with Crippen LogP contribution < -0.4 is 5.73 Å². The Balaban J connectivity index is 2.30. The van der Waals surface area contributed by atoms with Gasteiger partial charge in [-0.15, -0.1) is 0 Å². The van der Waals surface area contributed by atoms with Crippen LogP contribution >= 0.6 is 0 Å². The molecule has 0 bridgehead atoms. The Labute approximate surface area is 85.4 Å². The summed E-state index contributed by atoms with van der Waals surface area (Å²) in [5.41, 5.74) is 5.81. The van der Waals surface area contributed by atoms with Crippen LogP contribution in [-0.2, 0) is 9.53 Å². The van der Waals surface area contributed by atoms with E-state index >= 15 is 0 Å². The lowest BCUT2D eigenvalue weighted by Crippen LogP contribution is -2.41. The maximum absolute atomic E-state index is 11.0. The predicted octanol–water partition coefficient (Wildman–Crippen LogP) is 0.361. The fraction of sp³-hybridized carbons (Fsp3) is 0.900. The smallest absolute Gasteiger partial charge is 0.319 e. The summed E-state index contributed by atoms with van der Waals surface area (Å²) in [6.07, 6.45) is 4.32. The van der Waals surface area contributed by atoms with Gasteiger partial charge >= 0.3 is 5.97 Å².